The Morgan fingerprint density at radius 3 is 2.19 bits per heavy atom. The fourth-order valence-electron chi connectivity index (χ4n) is 4.01. The van der Waals surface area contributed by atoms with Crippen LogP contribution in [0.4, 0.5) is 0 Å². The van der Waals surface area contributed by atoms with Crippen molar-refractivity contribution in [3.63, 3.8) is 0 Å². The van der Waals surface area contributed by atoms with Gasteiger partial charge in [0.2, 0.25) is 5.78 Å². The molecule has 0 bridgehead atoms. The largest absolute Gasteiger partial charge is 0.484 e. The van der Waals surface area contributed by atoms with Gasteiger partial charge in [0, 0.05) is 16.7 Å². The van der Waals surface area contributed by atoms with E-state index in [1.807, 2.05) is 62.4 Å². The molecule has 4 heteroatoms. The number of carbonyl (C=O) groups is 2. The maximum absolute atomic E-state index is 13.3. The van der Waals surface area contributed by atoms with Gasteiger partial charge in [-0.3, -0.25) is 9.59 Å². The fraction of sp³-hybridized carbons (Fsp3) is 0.261. The van der Waals surface area contributed by atoms with Crippen LogP contribution in [-0.4, -0.2) is 17.4 Å². The molecule has 0 saturated carbocycles. The molecule has 27 heavy (non-hydrogen) atoms. The third-order valence-electron chi connectivity index (χ3n) is 5.63. The fourth-order valence-corrected chi connectivity index (χ4v) is 4.01. The molecule has 0 N–H and O–H groups in total. The van der Waals surface area contributed by atoms with Crippen molar-refractivity contribution in [2.24, 2.45) is 10.4 Å². The summed E-state index contributed by atoms with van der Waals surface area (Å²) in [4.78, 5) is 30.5. The number of aliphatic imine (C=N–C) groups is 1. The predicted octanol–water partition coefficient (Wildman–Crippen LogP) is 4.49. The van der Waals surface area contributed by atoms with E-state index in [4.69, 9.17) is 4.74 Å². The first-order valence-corrected chi connectivity index (χ1v) is 9.31. The summed E-state index contributed by atoms with van der Waals surface area (Å²) in [6.07, 6.45) is 1.16. The molecular weight excluding hydrogens is 338 g/mol. The van der Waals surface area contributed by atoms with Crippen molar-refractivity contribution in [1.82, 2.24) is 0 Å². The molecule has 1 amide bonds. The van der Waals surface area contributed by atoms with Gasteiger partial charge in [0.1, 0.15) is 6.61 Å². The quantitative estimate of drug-likeness (QED) is 0.790. The summed E-state index contributed by atoms with van der Waals surface area (Å²) >= 11 is 0. The van der Waals surface area contributed by atoms with Gasteiger partial charge in [-0.2, -0.15) is 0 Å². The second kappa shape index (κ2) is 6.62. The molecule has 2 aromatic rings. The maximum atomic E-state index is 13.3. The van der Waals surface area contributed by atoms with E-state index in [0.29, 0.717) is 29.7 Å². The third kappa shape index (κ3) is 2.55. The lowest BCUT2D eigenvalue weighted by molar-refractivity contribution is -0.124. The summed E-state index contributed by atoms with van der Waals surface area (Å²) in [6, 6.07) is 17.0. The van der Waals surface area contributed by atoms with Crippen molar-refractivity contribution in [2.45, 2.75) is 33.3 Å². The van der Waals surface area contributed by atoms with Gasteiger partial charge in [0.25, 0.3) is 5.91 Å². The zero-order chi connectivity index (χ0) is 19.0. The van der Waals surface area contributed by atoms with Gasteiger partial charge < -0.3 is 4.74 Å². The van der Waals surface area contributed by atoms with E-state index in [1.54, 1.807) is 6.07 Å². The summed E-state index contributed by atoms with van der Waals surface area (Å²) in [6.45, 7) is 4.21. The highest BCUT2D eigenvalue weighted by molar-refractivity contribution is 6.34. The van der Waals surface area contributed by atoms with Gasteiger partial charge in [-0.15, -0.1) is 0 Å². The molecule has 4 nitrogen and oxygen atoms in total. The molecule has 2 aromatic carbocycles. The van der Waals surface area contributed by atoms with Gasteiger partial charge in [-0.25, -0.2) is 4.99 Å². The Morgan fingerprint density at radius 2 is 1.52 bits per heavy atom. The first-order chi connectivity index (χ1) is 13.1. The van der Waals surface area contributed by atoms with Gasteiger partial charge in [-0.05, 0) is 18.4 Å². The van der Waals surface area contributed by atoms with E-state index in [-0.39, 0.29) is 24.1 Å². The highest BCUT2D eigenvalue weighted by atomic mass is 16.5. The number of fused-ring (bicyclic) bond motifs is 3. The minimum Gasteiger partial charge on any atom is -0.484 e. The van der Waals surface area contributed by atoms with E-state index in [9.17, 15) is 9.59 Å². The number of Topliss-reactive ketones (excluding diaryl/α,β-unsaturated/α-hetero) is 1. The second-order valence-corrected chi connectivity index (χ2v) is 6.91. The lowest BCUT2D eigenvalue weighted by atomic mass is 9.70. The van der Waals surface area contributed by atoms with Crippen LogP contribution in [0.15, 0.2) is 70.9 Å². The van der Waals surface area contributed by atoms with Crippen LogP contribution in [0.3, 0.4) is 0 Å². The summed E-state index contributed by atoms with van der Waals surface area (Å²) in [5.74, 6) is -0.0786. The highest BCUT2D eigenvalue weighted by Crippen LogP contribution is 2.48. The Hall–Kier alpha value is -3.01. The van der Waals surface area contributed by atoms with Gasteiger partial charge >= 0.3 is 0 Å². The molecule has 0 spiro atoms. The van der Waals surface area contributed by atoms with E-state index < -0.39 is 5.41 Å². The Balaban J connectivity index is 1.87. The number of carbonyl (C=O) groups excluding carboxylic acids is 2. The summed E-state index contributed by atoms with van der Waals surface area (Å²) in [7, 11) is 0. The number of amides is 1. The minimum atomic E-state index is -0.787. The zero-order valence-electron chi connectivity index (χ0n) is 15.5. The van der Waals surface area contributed by atoms with Crippen LogP contribution >= 0.6 is 0 Å². The van der Waals surface area contributed by atoms with E-state index in [0.717, 1.165) is 11.1 Å². The van der Waals surface area contributed by atoms with Crippen LogP contribution in [0.1, 0.15) is 48.2 Å². The molecule has 4 rings (SSSR count). The lowest BCUT2D eigenvalue weighted by Gasteiger charge is -2.30. The highest BCUT2D eigenvalue weighted by Gasteiger charge is 2.51. The van der Waals surface area contributed by atoms with Crippen LogP contribution in [0.25, 0.3) is 0 Å². The van der Waals surface area contributed by atoms with Crippen LogP contribution < -0.4 is 0 Å². The van der Waals surface area contributed by atoms with Crippen molar-refractivity contribution < 1.29 is 14.3 Å². The van der Waals surface area contributed by atoms with Crippen LogP contribution in [0, 0.1) is 5.41 Å². The molecule has 0 fully saturated rings. The molecule has 0 radical (unpaired) electrons. The number of allylic oxidation sites excluding steroid dienone is 1. The third-order valence-corrected chi connectivity index (χ3v) is 5.63. The number of benzene rings is 2. The van der Waals surface area contributed by atoms with Gasteiger partial charge in [0.05, 0.1) is 11.1 Å². The number of ether oxygens (including phenoxy) is 1. The molecule has 1 aliphatic carbocycles. The summed E-state index contributed by atoms with van der Waals surface area (Å²) < 4.78 is 6.06. The maximum Gasteiger partial charge on any atom is 0.257 e. The molecule has 0 unspecified atom stereocenters. The second-order valence-electron chi connectivity index (χ2n) is 6.91. The van der Waals surface area contributed by atoms with Crippen LogP contribution in [0.5, 0.6) is 0 Å². The van der Waals surface area contributed by atoms with E-state index in [2.05, 4.69) is 4.99 Å². The molecule has 0 saturated heterocycles. The summed E-state index contributed by atoms with van der Waals surface area (Å²) in [5, 5.41) is 0. The smallest absolute Gasteiger partial charge is 0.257 e. The van der Waals surface area contributed by atoms with E-state index in [1.165, 1.54) is 0 Å². The Kier molecular flexibility index (Phi) is 4.27. The Labute approximate surface area is 158 Å². The molecule has 0 aromatic heterocycles. The van der Waals surface area contributed by atoms with Crippen molar-refractivity contribution in [3.8, 4) is 0 Å². The van der Waals surface area contributed by atoms with Crippen LogP contribution in [0.2, 0.25) is 0 Å². The monoisotopic (exact) mass is 359 g/mol. The molecule has 1 aliphatic heterocycles. The molecule has 0 atom stereocenters. The number of hydrogen-bond acceptors (Lipinski definition) is 3. The van der Waals surface area contributed by atoms with Crippen molar-refractivity contribution in [1.29, 1.82) is 0 Å². The summed E-state index contributed by atoms with van der Waals surface area (Å²) in [5.41, 5.74) is 2.71. The predicted molar refractivity (Wildman–Crippen MR) is 104 cm³/mol. The SMILES string of the molecule is CCC1(CC)C(=O)N=C2C1=C(OCc1ccccc1)C(=O)c1ccccc12. The molecule has 136 valence electrons. The number of ketones is 1. The van der Waals surface area contributed by atoms with Gasteiger partial charge in [0.15, 0.2) is 5.76 Å². The molecule has 1 heterocycles. The number of hydrogen-bond donors (Lipinski definition) is 0. The average Bonchev–Trinajstić information content (AvgIpc) is 3.01. The normalized spacial score (nSPS) is 17.5. The Morgan fingerprint density at radius 1 is 0.889 bits per heavy atom. The minimum absolute atomic E-state index is 0.170. The standard InChI is InChI=1S/C23H21NO3/c1-3-23(4-2)18-19(24-22(23)26)16-12-8-9-13-17(16)20(25)21(18)27-14-15-10-6-5-7-11-15/h5-13H,3-4,14H2,1-2H3. The Bertz CT molecular complexity index is 982. The van der Waals surface area contributed by atoms with Crippen molar-refractivity contribution in [2.75, 3.05) is 0 Å². The van der Waals surface area contributed by atoms with Gasteiger partial charge in [-0.1, -0.05) is 68.4 Å². The first kappa shape index (κ1) is 17.4. The average molecular weight is 359 g/mol. The molecule has 2 aliphatic rings. The van der Waals surface area contributed by atoms with E-state index >= 15 is 0 Å². The number of nitrogens with zero attached hydrogens (tertiary/aromatic N) is 1. The van der Waals surface area contributed by atoms with Crippen molar-refractivity contribution in [3.05, 3.63) is 82.6 Å². The molecular formula is C23H21NO3. The zero-order valence-corrected chi connectivity index (χ0v) is 15.5. The van der Waals surface area contributed by atoms with Crippen LogP contribution in [-0.2, 0) is 16.1 Å². The topological polar surface area (TPSA) is 55.7 Å². The first-order valence-electron chi connectivity index (χ1n) is 9.31. The lowest BCUT2D eigenvalue weighted by Crippen LogP contribution is -2.33. The van der Waals surface area contributed by atoms with Crippen molar-refractivity contribution >= 4 is 17.4 Å². The number of rotatable bonds is 5.